The van der Waals surface area contributed by atoms with Crippen molar-refractivity contribution in [2.75, 3.05) is 49.1 Å². The van der Waals surface area contributed by atoms with Crippen LogP contribution in [0.15, 0.2) is 32.8 Å². The number of nitrogens with one attached hydrogen (secondary N) is 3. The minimum atomic E-state index is -4.30. The lowest BCUT2D eigenvalue weighted by molar-refractivity contribution is 0.122. The number of morpholine rings is 1. The van der Waals surface area contributed by atoms with Crippen molar-refractivity contribution in [3.05, 3.63) is 39.2 Å². The molecule has 0 amide bonds. The second kappa shape index (κ2) is 9.22. The van der Waals surface area contributed by atoms with Crippen molar-refractivity contribution < 1.29 is 22.6 Å². The quantitative estimate of drug-likeness (QED) is 0.538. The Balaban J connectivity index is 2.05. The van der Waals surface area contributed by atoms with Gasteiger partial charge in [-0.25, -0.2) is 13.2 Å². The highest BCUT2D eigenvalue weighted by atomic mass is 32.2. The van der Waals surface area contributed by atoms with Gasteiger partial charge in [-0.2, -0.15) is 0 Å². The highest BCUT2D eigenvalue weighted by molar-refractivity contribution is 7.92. The molecule has 0 spiro atoms. The van der Waals surface area contributed by atoms with Crippen molar-refractivity contribution in [3.63, 3.8) is 0 Å². The van der Waals surface area contributed by atoms with E-state index in [9.17, 15) is 18.0 Å². The second-order valence-corrected chi connectivity index (χ2v) is 7.97. The summed E-state index contributed by atoms with van der Waals surface area (Å²) in [7, 11) is -4.30. The minimum Gasteiger partial charge on any atom is -0.492 e. The first kappa shape index (κ1) is 21.7. The second-order valence-electron chi connectivity index (χ2n) is 6.32. The van der Waals surface area contributed by atoms with Crippen molar-refractivity contribution in [2.45, 2.75) is 18.7 Å². The first-order chi connectivity index (χ1) is 14.4. The Morgan fingerprint density at radius 2 is 1.77 bits per heavy atom. The van der Waals surface area contributed by atoms with Gasteiger partial charge in [0.15, 0.2) is 4.90 Å². The predicted octanol–water partition coefficient (Wildman–Crippen LogP) is 0.498. The number of nitrogens with zero attached hydrogens (tertiary/aromatic N) is 1. The lowest BCUT2D eigenvalue weighted by Crippen LogP contribution is -2.36. The van der Waals surface area contributed by atoms with Gasteiger partial charge in [0.2, 0.25) is 0 Å². The zero-order valence-electron chi connectivity index (χ0n) is 16.7. The van der Waals surface area contributed by atoms with Crippen LogP contribution in [0.5, 0.6) is 11.5 Å². The summed E-state index contributed by atoms with van der Waals surface area (Å²) >= 11 is 0. The number of benzene rings is 1. The van der Waals surface area contributed by atoms with Crippen LogP contribution in [0.25, 0.3) is 0 Å². The summed E-state index contributed by atoms with van der Waals surface area (Å²) in [6.45, 7) is 6.71. The maximum atomic E-state index is 12.8. The maximum Gasteiger partial charge on any atom is 0.325 e. The van der Waals surface area contributed by atoms with Crippen LogP contribution >= 0.6 is 0 Å². The van der Waals surface area contributed by atoms with Gasteiger partial charge >= 0.3 is 5.69 Å². The molecule has 3 N–H and O–H groups in total. The molecule has 1 saturated heterocycles. The largest absolute Gasteiger partial charge is 0.492 e. The van der Waals surface area contributed by atoms with E-state index in [4.69, 9.17) is 14.2 Å². The molecule has 30 heavy (non-hydrogen) atoms. The van der Waals surface area contributed by atoms with Crippen molar-refractivity contribution in [1.82, 2.24) is 9.97 Å². The Hall–Kier alpha value is -2.99. The monoisotopic (exact) mass is 440 g/mol. The topological polar surface area (TPSA) is 143 Å². The van der Waals surface area contributed by atoms with Crippen molar-refractivity contribution >= 4 is 21.4 Å². The molecule has 0 atom stereocenters. The minimum absolute atomic E-state index is 0.114. The molecule has 164 valence electrons. The Bertz CT molecular complexity index is 1100. The molecule has 3 rings (SSSR count). The van der Waals surface area contributed by atoms with E-state index in [1.807, 2.05) is 11.9 Å². The molecular weight excluding hydrogens is 416 g/mol. The molecule has 0 aliphatic carbocycles. The molecule has 0 bridgehead atoms. The third-order valence-electron chi connectivity index (χ3n) is 4.33. The van der Waals surface area contributed by atoms with Gasteiger partial charge in [-0.3, -0.25) is 14.5 Å². The van der Waals surface area contributed by atoms with Gasteiger partial charge in [-0.1, -0.05) is 0 Å². The molecule has 2 heterocycles. The zero-order chi connectivity index (χ0) is 21.7. The van der Waals surface area contributed by atoms with E-state index >= 15 is 0 Å². The summed E-state index contributed by atoms with van der Waals surface area (Å²) in [5.74, 6) is 0.753. The first-order valence-corrected chi connectivity index (χ1v) is 10.9. The lowest BCUT2D eigenvalue weighted by atomic mass is 10.2. The van der Waals surface area contributed by atoms with Crippen LogP contribution in [0.3, 0.4) is 0 Å². The number of aromatic amines is 2. The molecule has 1 aliphatic heterocycles. The summed E-state index contributed by atoms with van der Waals surface area (Å²) in [4.78, 5) is 28.6. The van der Waals surface area contributed by atoms with Gasteiger partial charge in [0.1, 0.15) is 11.5 Å². The number of ether oxygens (including phenoxy) is 3. The standard InChI is InChI=1S/C18H24N4O7S/c1-3-28-14-10-13(22-5-7-27-8-6-22)15(29-4-2)9-12(14)21-30(25,26)16-11-19-18(24)20-17(16)23/h9-11,21H,3-8H2,1-2H3,(H2,19,20,23,24). The third kappa shape index (κ3) is 4.76. The fourth-order valence-electron chi connectivity index (χ4n) is 3.02. The molecule has 1 aromatic heterocycles. The zero-order valence-corrected chi connectivity index (χ0v) is 17.5. The summed E-state index contributed by atoms with van der Waals surface area (Å²) in [5.41, 5.74) is -0.960. The summed E-state index contributed by atoms with van der Waals surface area (Å²) in [5, 5.41) is 0. The Labute approximate surface area is 173 Å². The van der Waals surface area contributed by atoms with E-state index in [2.05, 4.69) is 14.6 Å². The van der Waals surface area contributed by atoms with Gasteiger partial charge in [-0.05, 0) is 13.8 Å². The fraction of sp³-hybridized carbons (Fsp3) is 0.444. The number of anilines is 2. The summed E-state index contributed by atoms with van der Waals surface area (Å²) in [6, 6.07) is 3.23. The SMILES string of the molecule is CCOc1cc(N2CCOCC2)c(OCC)cc1NS(=O)(=O)c1c[nH]c(=O)[nH]c1=O. The fourth-order valence-corrected chi connectivity index (χ4v) is 4.09. The molecule has 0 saturated carbocycles. The number of rotatable bonds is 8. The number of sulfonamides is 1. The molecular formula is C18H24N4O7S. The van der Waals surface area contributed by atoms with Gasteiger partial charge in [0.25, 0.3) is 15.6 Å². The highest BCUT2D eigenvalue weighted by Crippen LogP contribution is 2.40. The van der Waals surface area contributed by atoms with Gasteiger partial charge in [-0.15, -0.1) is 0 Å². The van der Waals surface area contributed by atoms with Gasteiger partial charge < -0.3 is 24.1 Å². The molecule has 0 radical (unpaired) electrons. The normalized spacial score (nSPS) is 14.4. The van der Waals surface area contributed by atoms with Crippen LogP contribution < -0.4 is 30.3 Å². The summed E-state index contributed by atoms with van der Waals surface area (Å²) < 4.78 is 44.7. The molecule has 12 heteroatoms. The van der Waals surface area contributed by atoms with Crippen LogP contribution in [-0.4, -0.2) is 57.9 Å². The van der Waals surface area contributed by atoms with E-state index in [1.54, 1.807) is 13.0 Å². The van der Waals surface area contributed by atoms with Crippen LogP contribution in [0.4, 0.5) is 11.4 Å². The average Bonchev–Trinajstić information content (AvgIpc) is 2.70. The Kier molecular flexibility index (Phi) is 6.67. The number of H-pyrrole nitrogens is 2. The average molecular weight is 440 g/mol. The molecule has 2 aromatic rings. The van der Waals surface area contributed by atoms with Crippen molar-refractivity contribution in [1.29, 1.82) is 0 Å². The number of hydrogen-bond donors (Lipinski definition) is 3. The molecule has 1 aliphatic rings. The Morgan fingerprint density at radius 1 is 1.10 bits per heavy atom. The van der Waals surface area contributed by atoms with E-state index in [1.165, 1.54) is 6.07 Å². The van der Waals surface area contributed by atoms with Gasteiger partial charge in [0.05, 0.1) is 37.8 Å². The molecule has 1 fully saturated rings. The smallest absolute Gasteiger partial charge is 0.325 e. The summed E-state index contributed by atoms with van der Waals surface area (Å²) in [6.07, 6.45) is 0.843. The van der Waals surface area contributed by atoms with Gasteiger partial charge in [0, 0.05) is 31.4 Å². The van der Waals surface area contributed by atoms with Crippen LogP contribution in [0.1, 0.15) is 13.8 Å². The van der Waals surface area contributed by atoms with Crippen molar-refractivity contribution in [2.24, 2.45) is 0 Å². The molecule has 1 aromatic carbocycles. The predicted molar refractivity (Wildman–Crippen MR) is 110 cm³/mol. The first-order valence-electron chi connectivity index (χ1n) is 9.47. The van der Waals surface area contributed by atoms with E-state index in [0.29, 0.717) is 45.3 Å². The Morgan fingerprint density at radius 3 is 2.40 bits per heavy atom. The highest BCUT2D eigenvalue weighted by Gasteiger charge is 2.24. The third-order valence-corrected chi connectivity index (χ3v) is 5.70. The van der Waals surface area contributed by atoms with Crippen LogP contribution in [-0.2, 0) is 14.8 Å². The van der Waals surface area contributed by atoms with E-state index < -0.39 is 26.2 Å². The molecule has 11 nitrogen and oxygen atoms in total. The van der Waals surface area contributed by atoms with Crippen molar-refractivity contribution in [3.8, 4) is 11.5 Å². The molecule has 0 unspecified atom stereocenters. The van der Waals surface area contributed by atoms with E-state index in [-0.39, 0.29) is 11.4 Å². The van der Waals surface area contributed by atoms with Crippen LogP contribution in [0, 0.1) is 0 Å². The lowest BCUT2D eigenvalue weighted by Gasteiger charge is -2.31. The maximum absolute atomic E-state index is 12.8. The number of aromatic nitrogens is 2. The van der Waals surface area contributed by atoms with Crippen LogP contribution in [0.2, 0.25) is 0 Å². The van der Waals surface area contributed by atoms with E-state index in [0.717, 1.165) is 11.9 Å². The number of hydrogen-bond acceptors (Lipinski definition) is 8.